The van der Waals surface area contributed by atoms with Gasteiger partial charge in [-0.25, -0.2) is 4.68 Å². The molecule has 0 saturated heterocycles. The van der Waals surface area contributed by atoms with Crippen LogP contribution in [0.1, 0.15) is 32.7 Å². The number of anilines is 1. The van der Waals surface area contributed by atoms with Gasteiger partial charge in [0.2, 0.25) is 0 Å². The van der Waals surface area contributed by atoms with E-state index in [4.69, 9.17) is 9.47 Å². The van der Waals surface area contributed by atoms with Crippen molar-refractivity contribution >= 4 is 22.5 Å². The van der Waals surface area contributed by atoms with Gasteiger partial charge in [-0.3, -0.25) is 9.00 Å². The van der Waals surface area contributed by atoms with Crippen LogP contribution in [0.15, 0.2) is 36.4 Å². The number of methoxy groups -OCH3 is 2. The quantitative estimate of drug-likeness (QED) is 0.676. The van der Waals surface area contributed by atoms with Crippen LogP contribution in [0.5, 0.6) is 11.5 Å². The number of nitrogens with one attached hydrogen (secondary N) is 1. The van der Waals surface area contributed by atoms with Gasteiger partial charge in [0, 0.05) is 22.4 Å². The fourth-order valence-corrected chi connectivity index (χ4v) is 4.82. The molecule has 1 aromatic heterocycles. The number of aryl methyl sites for hydroxylation is 1. The number of benzene rings is 2. The lowest BCUT2D eigenvalue weighted by Gasteiger charge is -2.15. The summed E-state index contributed by atoms with van der Waals surface area (Å²) in [6, 6.07) is 11.0. The maximum Gasteiger partial charge on any atom is 0.260 e. The fraction of sp³-hybridized carbons (Fsp3) is 0.273. The van der Waals surface area contributed by atoms with E-state index in [1.54, 1.807) is 30.0 Å². The summed E-state index contributed by atoms with van der Waals surface area (Å²) >= 11 is 0. The lowest BCUT2D eigenvalue weighted by atomic mass is 10.1. The van der Waals surface area contributed by atoms with Gasteiger partial charge in [0.1, 0.15) is 17.3 Å². The van der Waals surface area contributed by atoms with Crippen molar-refractivity contribution in [2.45, 2.75) is 25.4 Å². The molecule has 1 amide bonds. The topological polar surface area (TPSA) is 82.5 Å². The monoisotopic (exact) mass is 425 g/mol. The zero-order chi connectivity index (χ0) is 21.4. The van der Waals surface area contributed by atoms with Gasteiger partial charge in [-0.15, -0.1) is 0 Å². The number of rotatable bonds is 5. The van der Waals surface area contributed by atoms with Crippen LogP contribution in [-0.2, 0) is 22.3 Å². The van der Waals surface area contributed by atoms with E-state index in [1.807, 2.05) is 32.0 Å². The van der Waals surface area contributed by atoms with E-state index >= 15 is 0 Å². The summed E-state index contributed by atoms with van der Waals surface area (Å²) in [7, 11) is 2.05. The van der Waals surface area contributed by atoms with E-state index in [0.717, 1.165) is 28.1 Å². The Labute approximate surface area is 177 Å². The van der Waals surface area contributed by atoms with Crippen LogP contribution >= 0.6 is 0 Å². The highest BCUT2D eigenvalue weighted by Crippen LogP contribution is 2.34. The third-order valence-corrected chi connectivity index (χ3v) is 6.57. The minimum Gasteiger partial charge on any atom is -0.497 e. The lowest BCUT2D eigenvalue weighted by Crippen LogP contribution is -2.18. The molecule has 0 fully saturated rings. The molecule has 1 N–H and O–H groups in total. The van der Waals surface area contributed by atoms with Gasteiger partial charge in [0.15, 0.2) is 0 Å². The molecule has 0 unspecified atom stereocenters. The molecule has 1 atom stereocenters. The molecule has 3 aromatic rings. The minimum absolute atomic E-state index is 0.332. The van der Waals surface area contributed by atoms with Crippen LogP contribution in [0.3, 0.4) is 0 Å². The largest absolute Gasteiger partial charge is 0.497 e. The highest BCUT2D eigenvalue weighted by molar-refractivity contribution is 7.83. The molecule has 0 aliphatic carbocycles. The molecule has 0 radical (unpaired) electrons. The van der Waals surface area contributed by atoms with E-state index in [0.29, 0.717) is 34.4 Å². The Bertz CT molecular complexity index is 1170. The normalized spacial score (nSPS) is 15.0. The van der Waals surface area contributed by atoms with Gasteiger partial charge < -0.3 is 14.8 Å². The average molecular weight is 426 g/mol. The third-order valence-electron chi connectivity index (χ3n) is 5.36. The zero-order valence-electron chi connectivity index (χ0n) is 17.3. The van der Waals surface area contributed by atoms with Crippen molar-refractivity contribution in [3.05, 3.63) is 64.3 Å². The Hall–Kier alpha value is -3.13. The molecule has 2 heterocycles. The van der Waals surface area contributed by atoms with Gasteiger partial charge in [0.25, 0.3) is 5.91 Å². The summed E-state index contributed by atoms with van der Waals surface area (Å²) in [5, 5.41) is 7.68. The first-order valence-corrected chi connectivity index (χ1v) is 11.0. The molecule has 30 heavy (non-hydrogen) atoms. The molecular weight excluding hydrogens is 402 g/mol. The minimum atomic E-state index is -1.01. The maximum absolute atomic E-state index is 13.2. The van der Waals surface area contributed by atoms with Crippen molar-refractivity contribution in [1.82, 2.24) is 9.78 Å². The number of carbonyl (C=O) groups is 1. The summed E-state index contributed by atoms with van der Waals surface area (Å²) in [5.74, 6) is 1.98. The van der Waals surface area contributed by atoms with Crippen LogP contribution in [0.2, 0.25) is 0 Å². The molecule has 0 saturated carbocycles. The van der Waals surface area contributed by atoms with Gasteiger partial charge in [0.05, 0.1) is 42.7 Å². The van der Waals surface area contributed by atoms with E-state index in [2.05, 4.69) is 10.4 Å². The number of aromatic nitrogens is 2. The highest BCUT2D eigenvalue weighted by Gasteiger charge is 2.29. The van der Waals surface area contributed by atoms with Crippen LogP contribution in [0.4, 0.5) is 5.82 Å². The first-order chi connectivity index (χ1) is 14.4. The predicted octanol–water partition coefficient (Wildman–Crippen LogP) is 3.52. The summed E-state index contributed by atoms with van der Waals surface area (Å²) in [4.78, 5) is 13.2. The van der Waals surface area contributed by atoms with Crippen molar-refractivity contribution in [1.29, 1.82) is 0 Å². The van der Waals surface area contributed by atoms with E-state index in [9.17, 15) is 9.00 Å². The standard InChI is InChI=1S/C22H23N3O4S/c1-13-6-5-7-19(14(13)2)25-21(17-11-30(27)12-18(17)24-25)23-22(26)16-9-8-15(28-3)10-20(16)29-4/h5-10H,11-12H2,1-4H3,(H,23,26)/t30-/m0/s1. The smallest absolute Gasteiger partial charge is 0.260 e. The van der Waals surface area contributed by atoms with E-state index in [1.165, 1.54) is 7.11 Å². The second-order valence-corrected chi connectivity index (χ2v) is 8.61. The predicted molar refractivity (Wildman–Crippen MR) is 116 cm³/mol. The second-order valence-electron chi connectivity index (χ2n) is 7.15. The van der Waals surface area contributed by atoms with Crippen molar-refractivity contribution in [3.8, 4) is 17.2 Å². The van der Waals surface area contributed by atoms with Crippen LogP contribution < -0.4 is 14.8 Å². The van der Waals surface area contributed by atoms with Gasteiger partial charge >= 0.3 is 0 Å². The number of nitrogens with zero attached hydrogens (tertiary/aromatic N) is 2. The molecule has 156 valence electrons. The summed E-state index contributed by atoms with van der Waals surface area (Å²) in [6.07, 6.45) is 0. The molecule has 7 nitrogen and oxygen atoms in total. The molecule has 8 heteroatoms. The van der Waals surface area contributed by atoms with Crippen molar-refractivity contribution in [2.24, 2.45) is 0 Å². The summed E-state index contributed by atoms with van der Waals surface area (Å²) in [6.45, 7) is 4.05. The molecule has 0 spiro atoms. The first kappa shape index (κ1) is 20.2. The molecular formula is C22H23N3O4S. The average Bonchev–Trinajstić information content (AvgIpc) is 3.26. The number of carbonyl (C=O) groups excluding carboxylic acids is 1. The van der Waals surface area contributed by atoms with Gasteiger partial charge in [-0.1, -0.05) is 12.1 Å². The SMILES string of the molecule is COc1ccc(C(=O)Nc2c3c(nn2-c2cccc(C)c2C)C[S@@](=O)C3)c(OC)c1. The number of hydrogen-bond acceptors (Lipinski definition) is 5. The molecule has 2 aromatic carbocycles. The van der Waals surface area contributed by atoms with Gasteiger partial charge in [-0.05, 0) is 43.2 Å². The van der Waals surface area contributed by atoms with Crippen LogP contribution in [-0.4, -0.2) is 34.1 Å². The van der Waals surface area contributed by atoms with Crippen molar-refractivity contribution in [2.75, 3.05) is 19.5 Å². The Kier molecular flexibility index (Phi) is 5.34. The van der Waals surface area contributed by atoms with E-state index in [-0.39, 0.29) is 5.91 Å². The number of amides is 1. The Morgan fingerprint density at radius 2 is 1.93 bits per heavy atom. The van der Waals surface area contributed by atoms with Crippen molar-refractivity contribution < 1.29 is 18.5 Å². The molecule has 1 aliphatic rings. The van der Waals surface area contributed by atoms with Crippen LogP contribution in [0.25, 0.3) is 5.69 Å². The number of fused-ring (bicyclic) bond motifs is 1. The fourth-order valence-electron chi connectivity index (χ4n) is 3.56. The zero-order valence-corrected chi connectivity index (χ0v) is 18.1. The van der Waals surface area contributed by atoms with Crippen molar-refractivity contribution in [3.63, 3.8) is 0 Å². The third kappa shape index (κ3) is 3.47. The maximum atomic E-state index is 13.2. The molecule has 1 aliphatic heterocycles. The molecule has 4 rings (SSSR count). The number of hydrogen-bond donors (Lipinski definition) is 1. The Morgan fingerprint density at radius 3 is 2.67 bits per heavy atom. The lowest BCUT2D eigenvalue weighted by molar-refractivity contribution is 0.102. The Balaban J connectivity index is 1.78. The summed E-state index contributed by atoms with van der Waals surface area (Å²) in [5.41, 5.74) is 5.02. The Morgan fingerprint density at radius 1 is 1.13 bits per heavy atom. The first-order valence-electron chi connectivity index (χ1n) is 9.48. The summed E-state index contributed by atoms with van der Waals surface area (Å²) < 4.78 is 24.5. The highest BCUT2D eigenvalue weighted by atomic mass is 32.2. The van der Waals surface area contributed by atoms with Crippen LogP contribution in [0, 0.1) is 13.8 Å². The van der Waals surface area contributed by atoms with Gasteiger partial charge in [-0.2, -0.15) is 5.10 Å². The molecule has 0 bridgehead atoms. The van der Waals surface area contributed by atoms with E-state index < -0.39 is 10.8 Å². The number of ether oxygens (including phenoxy) is 2. The second kappa shape index (κ2) is 7.95.